The van der Waals surface area contributed by atoms with Crippen LogP contribution >= 0.6 is 0 Å². The zero-order chi connectivity index (χ0) is 18.8. The number of nitrogens with zero attached hydrogens (tertiary/aromatic N) is 3. The van der Waals surface area contributed by atoms with E-state index < -0.39 is 5.97 Å². The van der Waals surface area contributed by atoms with Crippen molar-refractivity contribution in [2.24, 2.45) is 5.92 Å². The minimum atomic E-state index is -0.812. The molecule has 27 heavy (non-hydrogen) atoms. The van der Waals surface area contributed by atoms with E-state index in [1.807, 2.05) is 15.6 Å². The highest BCUT2D eigenvalue weighted by atomic mass is 16.4. The standard InChI is InChI=1S/C21H25N3O3/c25-20(26)9-8-18-13-19-14-23(10-3-11-24(19)22-18)21(27)17-7-6-15-4-1-2-5-16(15)12-17/h1-2,4-5,13,17H,3,6-12,14H2,(H,25,26)/t17-/m1/s1. The van der Waals surface area contributed by atoms with Crippen LogP contribution in [0, 0.1) is 5.92 Å². The molecule has 1 amide bonds. The molecule has 2 aromatic rings. The van der Waals surface area contributed by atoms with E-state index in [4.69, 9.17) is 5.11 Å². The molecule has 0 bridgehead atoms. The van der Waals surface area contributed by atoms with Gasteiger partial charge in [-0.1, -0.05) is 24.3 Å². The van der Waals surface area contributed by atoms with Crippen LogP contribution in [0.2, 0.25) is 0 Å². The molecule has 142 valence electrons. The molecule has 0 radical (unpaired) electrons. The quantitative estimate of drug-likeness (QED) is 0.901. The van der Waals surface area contributed by atoms with Crippen LogP contribution in [0.25, 0.3) is 0 Å². The molecule has 1 N–H and O–H groups in total. The summed E-state index contributed by atoms with van der Waals surface area (Å²) in [4.78, 5) is 25.9. The Kier molecular flexibility index (Phi) is 4.97. The van der Waals surface area contributed by atoms with Crippen molar-refractivity contribution in [2.45, 2.75) is 51.6 Å². The summed E-state index contributed by atoms with van der Waals surface area (Å²) in [6.07, 6.45) is 4.10. The van der Waals surface area contributed by atoms with Gasteiger partial charge in [0.05, 0.1) is 24.4 Å². The molecule has 0 fully saturated rings. The number of rotatable bonds is 4. The lowest BCUT2D eigenvalue weighted by atomic mass is 9.83. The van der Waals surface area contributed by atoms with Gasteiger partial charge in [-0.05, 0) is 42.9 Å². The first-order valence-electron chi connectivity index (χ1n) is 9.73. The Labute approximate surface area is 158 Å². The predicted octanol–water partition coefficient (Wildman–Crippen LogP) is 2.44. The van der Waals surface area contributed by atoms with E-state index in [1.54, 1.807) is 0 Å². The van der Waals surface area contributed by atoms with Crippen molar-refractivity contribution in [3.63, 3.8) is 0 Å². The zero-order valence-corrected chi connectivity index (χ0v) is 15.4. The third-order valence-corrected chi connectivity index (χ3v) is 5.67. The summed E-state index contributed by atoms with van der Waals surface area (Å²) in [5.74, 6) is -0.514. The number of fused-ring (bicyclic) bond motifs is 2. The number of amides is 1. The maximum atomic E-state index is 13.2. The smallest absolute Gasteiger partial charge is 0.303 e. The van der Waals surface area contributed by atoms with Crippen molar-refractivity contribution in [3.05, 3.63) is 52.8 Å². The minimum Gasteiger partial charge on any atom is -0.481 e. The Morgan fingerprint density at radius 3 is 2.81 bits per heavy atom. The lowest BCUT2D eigenvalue weighted by Gasteiger charge is -2.29. The Bertz CT molecular complexity index is 858. The van der Waals surface area contributed by atoms with Gasteiger partial charge in [0.25, 0.3) is 0 Å². The average molecular weight is 367 g/mol. The van der Waals surface area contributed by atoms with Gasteiger partial charge >= 0.3 is 5.97 Å². The summed E-state index contributed by atoms with van der Waals surface area (Å²) in [5.41, 5.74) is 4.49. The SMILES string of the molecule is O=C(O)CCc1cc2n(n1)CCCN(C(=O)[C@@H]1CCc3ccccc3C1)C2. The summed E-state index contributed by atoms with van der Waals surface area (Å²) < 4.78 is 1.95. The zero-order valence-electron chi connectivity index (χ0n) is 15.4. The molecule has 1 atom stereocenters. The van der Waals surface area contributed by atoms with Gasteiger partial charge in [0, 0.05) is 25.4 Å². The van der Waals surface area contributed by atoms with Crippen molar-refractivity contribution < 1.29 is 14.7 Å². The molecule has 4 rings (SSSR count). The molecule has 0 unspecified atom stereocenters. The van der Waals surface area contributed by atoms with E-state index >= 15 is 0 Å². The number of aliphatic carboxylic acids is 1. The molecule has 1 aromatic heterocycles. The highest BCUT2D eigenvalue weighted by Crippen LogP contribution is 2.28. The topological polar surface area (TPSA) is 75.4 Å². The molecule has 0 saturated carbocycles. The van der Waals surface area contributed by atoms with Gasteiger partial charge in [-0.3, -0.25) is 14.3 Å². The average Bonchev–Trinajstić information content (AvgIpc) is 2.95. The summed E-state index contributed by atoms with van der Waals surface area (Å²) >= 11 is 0. The number of carbonyl (C=O) groups is 2. The Balaban J connectivity index is 1.45. The molecular weight excluding hydrogens is 342 g/mol. The van der Waals surface area contributed by atoms with Crippen LogP contribution in [-0.4, -0.2) is 38.2 Å². The normalized spacial score (nSPS) is 19.1. The van der Waals surface area contributed by atoms with Gasteiger partial charge in [-0.15, -0.1) is 0 Å². The second kappa shape index (κ2) is 7.55. The predicted molar refractivity (Wildman–Crippen MR) is 100 cm³/mol. The fourth-order valence-electron chi connectivity index (χ4n) is 4.23. The maximum Gasteiger partial charge on any atom is 0.303 e. The van der Waals surface area contributed by atoms with Crippen LogP contribution in [0.15, 0.2) is 30.3 Å². The van der Waals surface area contributed by atoms with Crippen LogP contribution in [0.4, 0.5) is 0 Å². The van der Waals surface area contributed by atoms with Crippen molar-refractivity contribution in [1.29, 1.82) is 0 Å². The number of hydrogen-bond donors (Lipinski definition) is 1. The molecule has 1 aliphatic carbocycles. The number of carbonyl (C=O) groups excluding carboxylic acids is 1. The molecule has 6 nitrogen and oxygen atoms in total. The van der Waals surface area contributed by atoms with Gasteiger partial charge in [0.15, 0.2) is 0 Å². The van der Waals surface area contributed by atoms with Crippen LogP contribution in [0.3, 0.4) is 0 Å². The Hall–Kier alpha value is -2.63. The molecule has 0 saturated heterocycles. The van der Waals surface area contributed by atoms with Gasteiger partial charge in [-0.25, -0.2) is 0 Å². The molecule has 2 heterocycles. The summed E-state index contributed by atoms with van der Waals surface area (Å²) in [6.45, 7) is 2.10. The summed E-state index contributed by atoms with van der Waals surface area (Å²) in [5, 5.41) is 13.4. The second-order valence-electron chi connectivity index (χ2n) is 7.57. The Morgan fingerprint density at radius 2 is 2.00 bits per heavy atom. The number of benzene rings is 1. The third kappa shape index (κ3) is 3.89. The van der Waals surface area contributed by atoms with Gasteiger partial charge in [-0.2, -0.15) is 5.10 Å². The second-order valence-corrected chi connectivity index (χ2v) is 7.57. The highest BCUT2D eigenvalue weighted by Gasteiger charge is 2.29. The van der Waals surface area contributed by atoms with Crippen LogP contribution < -0.4 is 0 Å². The monoisotopic (exact) mass is 367 g/mol. The number of aryl methyl sites for hydroxylation is 3. The molecular formula is C21H25N3O3. The van der Waals surface area contributed by atoms with E-state index in [1.165, 1.54) is 11.1 Å². The summed E-state index contributed by atoms with van der Waals surface area (Å²) in [6, 6.07) is 10.4. The Morgan fingerprint density at radius 1 is 1.19 bits per heavy atom. The first-order chi connectivity index (χ1) is 13.1. The van der Waals surface area contributed by atoms with Crippen molar-refractivity contribution in [1.82, 2.24) is 14.7 Å². The van der Waals surface area contributed by atoms with Crippen molar-refractivity contribution >= 4 is 11.9 Å². The van der Waals surface area contributed by atoms with E-state index in [9.17, 15) is 9.59 Å². The largest absolute Gasteiger partial charge is 0.481 e. The van der Waals surface area contributed by atoms with Crippen molar-refractivity contribution in [3.8, 4) is 0 Å². The van der Waals surface area contributed by atoms with Gasteiger partial charge in [0.2, 0.25) is 5.91 Å². The fraction of sp³-hybridized carbons (Fsp3) is 0.476. The molecule has 0 spiro atoms. The number of carboxylic acids is 1. The van der Waals surface area contributed by atoms with E-state index in [0.717, 1.165) is 50.2 Å². The lowest BCUT2D eigenvalue weighted by molar-refractivity contribution is -0.137. The molecule has 1 aromatic carbocycles. The van der Waals surface area contributed by atoms with Crippen LogP contribution in [-0.2, 0) is 41.9 Å². The first kappa shape index (κ1) is 17.8. The first-order valence-corrected chi connectivity index (χ1v) is 9.73. The van der Waals surface area contributed by atoms with Gasteiger partial charge in [0.1, 0.15) is 0 Å². The van der Waals surface area contributed by atoms with Gasteiger partial charge < -0.3 is 10.0 Å². The van der Waals surface area contributed by atoms with Crippen molar-refractivity contribution in [2.75, 3.05) is 6.54 Å². The molecule has 1 aliphatic heterocycles. The van der Waals surface area contributed by atoms with E-state index in [-0.39, 0.29) is 18.2 Å². The third-order valence-electron chi connectivity index (χ3n) is 5.67. The maximum absolute atomic E-state index is 13.2. The number of hydrogen-bond acceptors (Lipinski definition) is 3. The molecule has 6 heteroatoms. The molecule has 2 aliphatic rings. The fourth-order valence-corrected chi connectivity index (χ4v) is 4.23. The lowest BCUT2D eigenvalue weighted by Crippen LogP contribution is -2.38. The number of carboxylic acid groups (broad SMARTS) is 1. The summed E-state index contributed by atoms with van der Waals surface area (Å²) in [7, 11) is 0. The van der Waals surface area contributed by atoms with E-state index in [2.05, 4.69) is 29.4 Å². The minimum absolute atomic E-state index is 0.0563. The van der Waals surface area contributed by atoms with Crippen LogP contribution in [0.1, 0.15) is 41.8 Å². The number of aromatic nitrogens is 2. The highest BCUT2D eigenvalue weighted by molar-refractivity contribution is 5.79. The van der Waals surface area contributed by atoms with Crippen LogP contribution in [0.5, 0.6) is 0 Å². The van der Waals surface area contributed by atoms with E-state index in [0.29, 0.717) is 13.0 Å².